The molecule has 0 radical (unpaired) electrons. The Bertz CT molecular complexity index is 888. The van der Waals surface area contributed by atoms with E-state index in [-0.39, 0.29) is 11.8 Å². The van der Waals surface area contributed by atoms with Gasteiger partial charge in [0, 0.05) is 43.1 Å². The molecule has 0 unspecified atom stereocenters. The van der Waals surface area contributed by atoms with Crippen molar-refractivity contribution in [3.8, 4) is 0 Å². The smallest absolute Gasteiger partial charge is 0.253 e. The van der Waals surface area contributed by atoms with Crippen LogP contribution in [0.3, 0.4) is 0 Å². The number of nitrogen functional groups attached to an aromatic ring is 1. The molecule has 29 heavy (non-hydrogen) atoms. The molecule has 0 bridgehead atoms. The Kier molecular flexibility index (Phi) is 5.69. The van der Waals surface area contributed by atoms with Gasteiger partial charge in [0.15, 0.2) is 0 Å². The third-order valence-corrected chi connectivity index (χ3v) is 5.80. The van der Waals surface area contributed by atoms with Gasteiger partial charge in [0.1, 0.15) is 0 Å². The van der Waals surface area contributed by atoms with Crippen LogP contribution in [-0.2, 0) is 17.8 Å². The number of carbonyl (C=O) groups excluding carboxylic acids is 2. The molecule has 2 aliphatic rings. The number of anilines is 2. The first-order chi connectivity index (χ1) is 14.1. The first kappa shape index (κ1) is 19.3. The molecule has 6 heteroatoms. The standard InChI is InChI=1S/C23H28N4O2/c24-20-6-3-7-21-19(20)5-4-14-27(21)16-22(28)25-15-17-8-10-18(11-9-17)23(29)26-12-1-2-13-26/h3,6-11H,1-2,4-5,12-16,24H2,(H,25,28). The fourth-order valence-electron chi connectivity index (χ4n) is 4.19. The summed E-state index contributed by atoms with van der Waals surface area (Å²) in [4.78, 5) is 28.9. The van der Waals surface area contributed by atoms with Crippen molar-refractivity contribution in [3.05, 3.63) is 59.2 Å². The van der Waals surface area contributed by atoms with Crippen LogP contribution in [-0.4, -0.2) is 42.9 Å². The molecule has 1 saturated heterocycles. The van der Waals surface area contributed by atoms with E-state index in [9.17, 15) is 9.59 Å². The molecular formula is C23H28N4O2. The zero-order chi connectivity index (χ0) is 20.2. The van der Waals surface area contributed by atoms with Gasteiger partial charge in [0.25, 0.3) is 5.91 Å². The highest BCUT2D eigenvalue weighted by molar-refractivity contribution is 5.94. The third-order valence-electron chi connectivity index (χ3n) is 5.80. The maximum absolute atomic E-state index is 12.5. The second-order valence-corrected chi connectivity index (χ2v) is 7.84. The Morgan fingerprint density at radius 2 is 1.72 bits per heavy atom. The van der Waals surface area contributed by atoms with E-state index >= 15 is 0 Å². The van der Waals surface area contributed by atoms with Gasteiger partial charge in [0.2, 0.25) is 5.91 Å². The van der Waals surface area contributed by atoms with E-state index in [1.54, 1.807) is 0 Å². The number of fused-ring (bicyclic) bond motifs is 1. The van der Waals surface area contributed by atoms with Crippen LogP contribution < -0.4 is 16.0 Å². The van der Waals surface area contributed by atoms with Crippen LogP contribution in [0.4, 0.5) is 11.4 Å². The SMILES string of the molecule is Nc1cccc2c1CCCN2CC(=O)NCc1ccc(C(=O)N2CCCC2)cc1. The largest absolute Gasteiger partial charge is 0.398 e. The van der Waals surface area contributed by atoms with E-state index in [1.165, 1.54) is 0 Å². The molecule has 2 aromatic carbocycles. The van der Waals surface area contributed by atoms with E-state index in [1.807, 2.05) is 47.4 Å². The minimum atomic E-state index is -0.0162. The number of nitrogens with zero attached hydrogens (tertiary/aromatic N) is 2. The quantitative estimate of drug-likeness (QED) is 0.767. The van der Waals surface area contributed by atoms with Gasteiger partial charge in [-0.05, 0) is 61.1 Å². The zero-order valence-corrected chi connectivity index (χ0v) is 16.7. The van der Waals surface area contributed by atoms with Crippen molar-refractivity contribution in [3.63, 3.8) is 0 Å². The molecule has 2 heterocycles. The summed E-state index contributed by atoms with van der Waals surface area (Å²) in [6, 6.07) is 13.4. The van der Waals surface area contributed by atoms with Gasteiger partial charge in [0.05, 0.1) is 6.54 Å². The lowest BCUT2D eigenvalue weighted by molar-refractivity contribution is -0.119. The molecule has 152 valence electrons. The monoisotopic (exact) mass is 392 g/mol. The topological polar surface area (TPSA) is 78.7 Å². The van der Waals surface area contributed by atoms with Crippen molar-refractivity contribution in [2.45, 2.75) is 32.2 Å². The average molecular weight is 393 g/mol. The van der Waals surface area contributed by atoms with Crippen LogP contribution in [0.1, 0.15) is 40.7 Å². The number of benzene rings is 2. The third kappa shape index (κ3) is 4.36. The normalized spacial score (nSPS) is 15.9. The second kappa shape index (κ2) is 8.55. The molecule has 2 amide bonds. The fourth-order valence-corrected chi connectivity index (χ4v) is 4.19. The number of amides is 2. The molecule has 6 nitrogen and oxygen atoms in total. The number of hydrogen-bond donors (Lipinski definition) is 2. The van der Waals surface area contributed by atoms with Crippen molar-refractivity contribution >= 4 is 23.2 Å². The highest BCUT2D eigenvalue weighted by atomic mass is 16.2. The minimum Gasteiger partial charge on any atom is -0.398 e. The van der Waals surface area contributed by atoms with Crippen molar-refractivity contribution < 1.29 is 9.59 Å². The molecule has 2 aliphatic heterocycles. The van der Waals surface area contributed by atoms with Crippen molar-refractivity contribution in [1.29, 1.82) is 0 Å². The van der Waals surface area contributed by atoms with Crippen LogP contribution in [0, 0.1) is 0 Å². The van der Waals surface area contributed by atoms with Crippen molar-refractivity contribution in [2.75, 3.05) is 36.8 Å². The van der Waals surface area contributed by atoms with Crippen LogP contribution in [0.2, 0.25) is 0 Å². The average Bonchev–Trinajstić information content (AvgIpc) is 3.28. The van der Waals surface area contributed by atoms with E-state index in [0.717, 1.165) is 67.8 Å². The molecule has 0 atom stereocenters. The van der Waals surface area contributed by atoms with E-state index in [0.29, 0.717) is 18.7 Å². The van der Waals surface area contributed by atoms with E-state index in [2.05, 4.69) is 10.2 Å². The number of likely N-dealkylation sites (tertiary alicyclic amines) is 1. The fraction of sp³-hybridized carbons (Fsp3) is 0.391. The number of carbonyl (C=O) groups is 2. The molecule has 3 N–H and O–H groups in total. The molecule has 0 aromatic heterocycles. The summed E-state index contributed by atoms with van der Waals surface area (Å²) in [7, 11) is 0. The molecule has 2 aromatic rings. The predicted octanol–water partition coefficient (Wildman–Crippen LogP) is 2.57. The molecule has 4 rings (SSSR count). The van der Waals surface area contributed by atoms with Gasteiger partial charge in [-0.3, -0.25) is 9.59 Å². The predicted molar refractivity (Wildman–Crippen MR) is 115 cm³/mol. The Morgan fingerprint density at radius 1 is 0.966 bits per heavy atom. The Morgan fingerprint density at radius 3 is 2.48 bits per heavy atom. The van der Waals surface area contributed by atoms with Gasteiger partial charge in [-0.1, -0.05) is 18.2 Å². The van der Waals surface area contributed by atoms with Gasteiger partial charge in [-0.2, -0.15) is 0 Å². The van der Waals surface area contributed by atoms with E-state index in [4.69, 9.17) is 5.73 Å². The van der Waals surface area contributed by atoms with Crippen molar-refractivity contribution in [2.24, 2.45) is 0 Å². The molecule has 0 saturated carbocycles. The van der Waals surface area contributed by atoms with Gasteiger partial charge in [-0.15, -0.1) is 0 Å². The summed E-state index contributed by atoms with van der Waals surface area (Å²) in [5.41, 5.74) is 10.8. The lowest BCUT2D eigenvalue weighted by atomic mass is 10.00. The first-order valence-corrected chi connectivity index (χ1v) is 10.4. The lowest BCUT2D eigenvalue weighted by Gasteiger charge is -2.31. The van der Waals surface area contributed by atoms with Crippen LogP contribution >= 0.6 is 0 Å². The molecule has 1 fully saturated rings. The maximum atomic E-state index is 12.5. The van der Waals surface area contributed by atoms with Crippen molar-refractivity contribution in [1.82, 2.24) is 10.2 Å². The first-order valence-electron chi connectivity index (χ1n) is 10.4. The summed E-state index contributed by atoms with van der Waals surface area (Å²) in [5.74, 6) is 0.0821. The number of rotatable bonds is 5. The van der Waals surface area contributed by atoms with Crippen LogP contribution in [0.5, 0.6) is 0 Å². The summed E-state index contributed by atoms with van der Waals surface area (Å²) in [6.07, 6.45) is 4.14. The second-order valence-electron chi connectivity index (χ2n) is 7.84. The number of hydrogen-bond acceptors (Lipinski definition) is 4. The highest BCUT2D eigenvalue weighted by Gasteiger charge is 2.21. The molecule has 0 spiro atoms. The lowest BCUT2D eigenvalue weighted by Crippen LogP contribution is -2.39. The highest BCUT2D eigenvalue weighted by Crippen LogP contribution is 2.30. The summed E-state index contributed by atoms with van der Waals surface area (Å²) in [5, 5.41) is 2.99. The Hall–Kier alpha value is -3.02. The number of nitrogens with two attached hydrogens (primary N) is 1. The zero-order valence-electron chi connectivity index (χ0n) is 16.7. The molecule has 0 aliphatic carbocycles. The summed E-state index contributed by atoms with van der Waals surface area (Å²) in [6.45, 7) is 3.33. The summed E-state index contributed by atoms with van der Waals surface area (Å²) >= 11 is 0. The van der Waals surface area contributed by atoms with Gasteiger partial charge in [-0.25, -0.2) is 0 Å². The van der Waals surface area contributed by atoms with Crippen LogP contribution in [0.25, 0.3) is 0 Å². The summed E-state index contributed by atoms with van der Waals surface area (Å²) < 4.78 is 0. The van der Waals surface area contributed by atoms with Gasteiger partial charge < -0.3 is 20.9 Å². The minimum absolute atomic E-state index is 0.0162. The maximum Gasteiger partial charge on any atom is 0.253 e. The Balaban J connectivity index is 1.31. The van der Waals surface area contributed by atoms with Gasteiger partial charge >= 0.3 is 0 Å². The van der Waals surface area contributed by atoms with E-state index < -0.39 is 0 Å². The van der Waals surface area contributed by atoms with Crippen LogP contribution in [0.15, 0.2) is 42.5 Å². The Labute approximate surface area is 171 Å². The number of nitrogens with one attached hydrogen (secondary N) is 1. The molecular weight excluding hydrogens is 364 g/mol.